The average molecular weight is 449 g/mol. The van der Waals surface area contributed by atoms with Gasteiger partial charge in [-0.05, 0) is 90.0 Å². The van der Waals surface area contributed by atoms with Crippen molar-refractivity contribution in [3.63, 3.8) is 0 Å². The molecule has 1 aliphatic heterocycles. The van der Waals surface area contributed by atoms with Gasteiger partial charge in [0, 0.05) is 5.69 Å². The summed E-state index contributed by atoms with van der Waals surface area (Å²) in [7, 11) is -0.333. The fourth-order valence-electron chi connectivity index (χ4n) is 3.39. The second-order valence-corrected chi connectivity index (χ2v) is 10.5. The van der Waals surface area contributed by atoms with Crippen molar-refractivity contribution in [1.82, 2.24) is 0 Å². The van der Waals surface area contributed by atoms with Crippen molar-refractivity contribution in [2.45, 2.75) is 78.1 Å². The van der Waals surface area contributed by atoms with Gasteiger partial charge in [0.05, 0.1) is 11.2 Å². The van der Waals surface area contributed by atoms with E-state index in [9.17, 15) is 4.79 Å². The summed E-state index contributed by atoms with van der Waals surface area (Å²) in [5.41, 5.74) is 2.94. The zero-order valence-electron chi connectivity index (χ0n) is 20.9. The Morgan fingerprint density at radius 2 is 1.55 bits per heavy atom. The number of anilines is 1. The molecular weight excluding hydrogens is 413 g/mol. The number of nitrogens with one attached hydrogen (secondary N) is 1. The standard InChI is InChI=1S/C27H36BNO4/c1-25(2,3)31-24(30)29-23-18-14-21(15-19-23)11-9-8-10-20-12-16-22(17-13-20)28-32-26(4,5)27(6,7)33-28/h8,10,12-19H,9,11H2,1-7H3,(H,29,30)/b10-8+. The molecule has 3 rings (SSSR count). The Kier molecular flexibility index (Phi) is 7.40. The van der Waals surface area contributed by atoms with Crippen LogP contribution in [0.5, 0.6) is 0 Å². The van der Waals surface area contributed by atoms with Gasteiger partial charge in [-0.25, -0.2) is 4.79 Å². The topological polar surface area (TPSA) is 56.8 Å². The van der Waals surface area contributed by atoms with Crippen molar-refractivity contribution in [2.75, 3.05) is 5.32 Å². The van der Waals surface area contributed by atoms with Gasteiger partial charge in [0.1, 0.15) is 5.60 Å². The Morgan fingerprint density at radius 3 is 2.09 bits per heavy atom. The number of allylic oxidation sites excluding steroid dienone is 1. The summed E-state index contributed by atoms with van der Waals surface area (Å²) < 4.78 is 17.5. The second-order valence-electron chi connectivity index (χ2n) is 10.5. The molecule has 0 spiro atoms. The van der Waals surface area contributed by atoms with E-state index in [0.717, 1.165) is 29.6 Å². The smallest absolute Gasteiger partial charge is 0.444 e. The molecule has 0 bridgehead atoms. The number of hydrogen-bond donors (Lipinski definition) is 1. The van der Waals surface area contributed by atoms with Crippen molar-refractivity contribution in [1.29, 1.82) is 0 Å². The lowest BCUT2D eigenvalue weighted by molar-refractivity contribution is 0.00578. The molecule has 0 aliphatic carbocycles. The molecule has 0 atom stereocenters. The van der Waals surface area contributed by atoms with Crippen LogP contribution in [0.25, 0.3) is 6.08 Å². The van der Waals surface area contributed by atoms with Gasteiger partial charge in [-0.1, -0.05) is 48.6 Å². The quantitative estimate of drug-likeness (QED) is 0.552. The minimum Gasteiger partial charge on any atom is -0.444 e. The molecule has 1 heterocycles. The number of carbonyl (C=O) groups is 1. The third kappa shape index (κ3) is 6.96. The van der Waals surface area contributed by atoms with Crippen molar-refractivity contribution < 1.29 is 18.8 Å². The minimum absolute atomic E-state index is 0.333. The molecule has 1 aliphatic rings. The van der Waals surface area contributed by atoms with Gasteiger partial charge in [-0.15, -0.1) is 0 Å². The van der Waals surface area contributed by atoms with Gasteiger partial charge in [-0.2, -0.15) is 0 Å². The lowest BCUT2D eigenvalue weighted by Gasteiger charge is -2.32. The highest BCUT2D eigenvalue weighted by Crippen LogP contribution is 2.36. The van der Waals surface area contributed by atoms with Crippen LogP contribution in [-0.4, -0.2) is 30.0 Å². The first-order valence-corrected chi connectivity index (χ1v) is 11.6. The van der Waals surface area contributed by atoms with E-state index in [1.54, 1.807) is 0 Å². The van der Waals surface area contributed by atoms with Crippen LogP contribution in [0.4, 0.5) is 10.5 Å². The molecule has 33 heavy (non-hydrogen) atoms. The number of benzene rings is 2. The summed E-state index contributed by atoms with van der Waals surface area (Å²) >= 11 is 0. The van der Waals surface area contributed by atoms with Gasteiger partial charge >= 0.3 is 13.2 Å². The summed E-state index contributed by atoms with van der Waals surface area (Å²) in [6.45, 7) is 13.8. The molecule has 1 saturated heterocycles. The summed E-state index contributed by atoms with van der Waals surface area (Å²) in [6.07, 6.45) is 5.72. The predicted molar refractivity (Wildman–Crippen MR) is 136 cm³/mol. The van der Waals surface area contributed by atoms with E-state index in [2.05, 4.69) is 69.4 Å². The van der Waals surface area contributed by atoms with Crippen LogP contribution < -0.4 is 10.8 Å². The van der Waals surface area contributed by atoms with Crippen LogP contribution in [0.2, 0.25) is 0 Å². The highest BCUT2D eigenvalue weighted by atomic mass is 16.7. The first-order valence-electron chi connectivity index (χ1n) is 11.6. The number of amides is 1. The molecule has 2 aromatic carbocycles. The number of ether oxygens (including phenoxy) is 1. The van der Waals surface area contributed by atoms with Crippen molar-refractivity contribution >= 4 is 30.4 Å². The maximum absolute atomic E-state index is 11.9. The predicted octanol–water partition coefficient (Wildman–Crippen LogP) is 5.98. The average Bonchev–Trinajstić information content (AvgIpc) is 2.92. The monoisotopic (exact) mass is 449 g/mol. The normalized spacial score (nSPS) is 17.4. The summed E-state index contributed by atoms with van der Waals surface area (Å²) in [4.78, 5) is 11.9. The molecular formula is C27H36BNO4. The highest BCUT2D eigenvalue weighted by Gasteiger charge is 2.51. The molecule has 1 amide bonds. The van der Waals surface area contributed by atoms with Gasteiger partial charge in [0.2, 0.25) is 0 Å². The van der Waals surface area contributed by atoms with Crippen molar-refractivity contribution in [2.24, 2.45) is 0 Å². The molecule has 0 radical (unpaired) electrons. The molecule has 0 unspecified atom stereocenters. The van der Waals surface area contributed by atoms with E-state index in [1.165, 1.54) is 5.56 Å². The number of aryl methyl sites for hydroxylation is 1. The Bertz CT molecular complexity index is 957. The Hall–Kier alpha value is -2.57. The zero-order chi connectivity index (χ0) is 24.3. The molecule has 5 nitrogen and oxygen atoms in total. The van der Waals surface area contributed by atoms with Crippen LogP contribution in [-0.2, 0) is 20.5 Å². The second kappa shape index (κ2) is 9.74. The highest BCUT2D eigenvalue weighted by molar-refractivity contribution is 6.62. The fourth-order valence-corrected chi connectivity index (χ4v) is 3.39. The van der Waals surface area contributed by atoms with E-state index < -0.39 is 11.7 Å². The molecule has 1 N–H and O–H groups in total. The number of hydrogen-bond acceptors (Lipinski definition) is 4. The molecule has 6 heteroatoms. The van der Waals surface area contributed by atoms with Crippen molar-refractivity contribution in [3.8, 4) is 0 Å². The van der Waals surface area contributed by atoms with Crippen LogP contribution in [0.3, 0.4) is 0 Å². The van der Waals surface area contributed by atoms with Gasteiger partial charge in [-0.3, -0.25) is 5.32 Å². The first kappa shape index (κ1) is 25.1. The lowest BCUT2D eigenvalue weighted by Crippen LogP contribution is -2.41. The maximum Gasteiger partial charge on any atom is 0.494 e. The minimum atomic E-state index is -0.511. The third-order valence-corrected chi connectivity index (χ3v) is 5.97. The van der Waals surface area contributed by atoms with Gasteiger partial charge in [0.25, 0.3) is 0 Å². The van der Waals surface area contributed by atoms with Crippen LogP contribution >= 0.6 is 0 Å². The van der Waals surface area contributed by atoms with Crippen LogP contribution in [0.15, 0.2) is 54.6 Å². The molecule has 0 aromatic heterocycles. The first-order chi connectivity index (χ1) is 15.3. The summed E-state index contributed by atoms with van der Waals surface area (Å²) in [5.74, 6) is 0. The Labute approximate surface area is 198 Å². The third-order valence-electron chi connectivity index (χ3n) is 5.97. The molecule has 176 valence electrons. The van der Waals surface area contributed by atoms with E-state index in [1.807, 2.05) is 45.0 Å². The van der Waals surface area contributed by atoms with E-state index >= 15 is 0 Å². The maximum atomic E-state index is 11.9. The Morgan fingerprint density at radius 1 is 0.970 bits per heavy atom. The van der Waals surface area contributed by atoms with Crippen molar-refractivity contribution in [3.05, 3.63) is 65.7 Å². The zero-order valence-corrected chi connectivity index (χ0v) is 20.9. The molecule has 1 fully saturated rings. The number of carbonyl (C=O) groups excluding carboxylic acids is 1. The van der Waals surface area contributed by atoms with E-state index in [-0.39, 0.29) is 18.3 Å². The van der Waals surface area contributed by atoms with E-state index in [4.69, 9.17) is 14.0 Å². The fraction of sp³-hybridized carbons (Fsp3) is 0.444. The van der Waals surface area contributed by atoms with E-state index in [0.29, 0.717) is 0 Å². The molecule has 0 saturated carbocycles. The van der Waals surface area contributed by atoms with Gasteiger partial charge in [0.15, 0.2) is 0 Å². The van der Waals surface area contributed by atoms with Gasteiger partial charge < -0.3 is 14.0 Å². The Balaban J connectivity index is 1.47. The molecule has 2 aromatic rings. The summed E-state index contributed by atoms with van der Waals surface area (Å²) in [5, 5.41) is 2.76. The summed E-state index contributed by atoms with van der Waals surface area (Å²) in [6, 6.07) is 16.2. The lowest BCUT2D eigenvalue weighted by atomic mass is 9.79. The largest absolute Gasteiger partial charge is 0.494 e. The SMILES string of the molecule is CC(C)(C)OC(=O)Nc1ccc(CC/C=C/c2ccc(B3OC(C)(C)C(C)(C)O3)cc2)cc1. The van der Waals surface area contributed by atoms with Crippen LogP contribution in [0.1, 0.15) is 66.0 Å². The van der Waals surface area contributed by atoms with Crippen LogP contribution in [0, 0.1) is 0 Å². The number of rotatable bonds is 6.